The van der Waals surface area contributed by atoms with Gasteiger partial charge in [0, 0.05) is 23.7 Å². The van der Waals surface area contributed by atoms with E-state index in [4.69, 9.17) is 20.8 Å². The second-order valence-electron chi connectivity index (χ2n) is 6.84. The maximum Gasteiger partial charge on any atom is 0.192 e. The molecule has 0 saturated heterocycles. The van der Waals surface area contributed by atoms with Crippen molar-refractivity contribution in [2.45, 2.75) is 17.5 Å². The predicted octanol–water partition coefficient (Wildman–Crippen LogP) is 5.19. The van der Waals surface area contributed by atoms with Crippen molar-refractivity contribution >= 4 is 29.0 Å². The number of thioether (sulfide) groups is 1. The van der Waals surface area contributed by atoms with Crippen LogP contribution in [0.25, 0.3) is 17.0 Å². The SMILES string of the molecule is COc1cccc(-c2nnc(SCc3cn4cc(Cl)ccc4n3)n2Cc2ccco2)c1. The highest BCUT2D eigenvalue weighted by molar-refractivity contribution is 7.98. The number of hydrogen-bond donors (Lipinski definition) is 0. The molecule has 156 valence electrons. The molecular formula is C22H18ClN5O2S. The summed E-state index contributed by atoms with van der Waals surface area (Å²) in [6, 6.07) is 15.3. The number of imidazole rings is 1. The van der Waals surface area contributed by atoms with Crippen LogP contribution in [0.3, 0.4) is 0 Å². The van der Waals surface area contributed by atoms with Gasteiger partial charge in [-0.2, -0.15) is 0 Å². The van der Waals surface area contributed by atoms with E-state index in [-0.39, 0.29) is 0 Å². The topological polar surface area (TPSA) is 70.4 Å². The van der Waals surface area contributed by atoms with Crippen molar-refractivity contribution in [3.63, 3.8) is 0 Å². The Bertz CT molecular complexity index is 1330. The van der Waals surface area contributed by atoms with Crippen LogP contribution in [0, 0.1) is 0 Å². The van der Waals surface area contributed by atoms with Crippen LogP contribution in [-0.4, -0.2) is 31.3 Å². The van der Waals surface area contributed by atoms with Gasteiger partial charge in [0.1, 0.15) is 17.2 Å². The molecule has 0 aliphatic heterocycles. The molecule has 7 nitrogen and oxygen atoms in total. The van der Waals surface area contributed by atoms with Crippen LogP contribution in [0.1, 0.15) is 11.5 Å². The van der Waals surface area contributed by atoms with Crippen molar-refractivity contribution in [1.29, 1.82) is 0 Å². The normalized spacial score (nSPS) is 11.3. The smallest absolute Gasteiger partial charge is 0.192 e. The third kappa shape index (κ3) is 4.17. The summed E-state index contributed by atoms with van der Waals surface area (Å²) >= 11 is 7.65. The zero-order chi connectivity index (χ0) is 21.2. The van der Waals surface area contributed by atoms with Gasteiger partial charge in [-0.15, -0.1) is 10.2 Å². The minimum absolute atomic E-state index is 0.523. The van der Waals surface area contributed by atoms with Crippen LogP contribution in [-0.2, 0) is 12.3 Å². The van der Waals surface area contributed by atoms with Gasteiger partial charge in [-0.3, -0.25) is 4.57 Å². The quantitative estimate of drug-likeness (QED) is 0.317. The zero-order valence-electron chi connectivity index (χ0n) is 16.6. The number of nitrogens with zero attached hydrogens (tertiary/aromatic N) is 5. The van der Waals surface area contributed by atoms with E-state index in [0.717, 1.165) is 39.4 Å². The number of benzene rings is 1. The van der Waals surface area contributed by atoms with Crippen molar-refractivity contribution in [2.24, 2.45) is 0 Å². The van der Waals surface area contributed by atoms with E-state index < -0.39 is 0 Å². The molecule has 0 saturated carbocycles. The molecule has 0 radical (unpaired) electrons. The molecule has 4 heterocycles. The highest BCUT2D eigenvalue weighted by Crippen LogP contribution is 2.29. The standard InChI is InChI=1S/C22H18ClN5O2S/c1-29-18-5-2-4-15(10-18)21-25-26-22(28(21)13-19-6-3-9-30-19)31-14-17-12-27-11-16(23)7-8-20(27)24-17/h2-12H,13-14H2,1H3. The second-order valence-corrected chi connectivity index (χ2v) is 8.22. The Morgan fingerprint density at radius 3 is 2.87 bits per heavy atom. The number of aromatic nitrogens is 5. The monoisotopic (exact) mass is 451 g/mol. The Labute approximate surface area is 187 Å². The maximum absolute atomic E-state index is 6.08. The summed E-state index contributed by atoms with van der Waals surface area (Å²) in [5.41, 5.74) is 2.71. The van der Waals surface area contributed by atoms with E-state index in [1.807, 2.05) is 69.9 Å². The molecule has 0 fully saturated rings. The lowest BCUT2D eigenvalue weighted by atomic mass is 10.2. The van der Waals surface area contributed by atoms with Crippen LogP contribution < -0.4 is 4.74 Å². The van der Waals surface area contributed by atoms with Gasteiger partial charge in [0.15, 0.2) is 11.0 Å². The average molecular weight is 452 g/mol. The summed E-state index contributed by atoms with van der Waals surface area (Å²) in [7, 11) is 1.65. The first kappa shape index (κ1) is 19.7. The van der Waals surface area contributed by atoms with Gasteiger partial charge in [0.25, 0.3) is 0 Å². The van der Waals surface area contributed by atoms with E-state index in [1.165, 1.54) is 0 Å². The molecule has 0 spiro atoms. The molecule has 5 rings (SSSR count). The van der Waals surface area contributed by atoms with Gasteiger partial charge >= 0.3 is 0 Å². The minimum Gasteiger partial charge on any atom is -0.497 e. The van der Waals surface area contributed by atoms with Crippen molar-refractivity contribution in [1.82, 2.24) is 24.1 Å². The number of rotatable bonds is 7. The number of furan rings is 1. The van der Waals surface area contributed by atoms with E-state index in [9.17, 15) is 0 Å². The average Bonchev–Trinajstić information content (AvgIpc) is 3.52. The number of fused-ring (bicyclic) bond motifs is 1. The number of ether oxygens (including phenoxy) is 1. The largest absolute Gasteiger partial charge is 0.497 e. The van der Waals surface area contributed by atoms with Crippen LogP contribution >= 0.6 is 23.4 Å². The van der Waals surface area contributed by atoms with Crippen molar-refractivity contribution < 1.29 is 9.15 Å². The molecule has 0 bridgehead atoms. The maximum atomic E-state index is 6.08. The van der Waals surface area contributed by atoms with E-state index in [1.54, 1.807) is 25.1 Å². The molecule has 5 aromatic rings. The molecule has 31 heavy (non-hydrogen) atoms. The summed E-state index contributed by atoms with van der Waals surface area (Å²) < 4.78 is 14.9. The highest BCUT2D eigenvalue weighted by atomic mass is 35.5. The minimum atomic E-state index is 0.523. The number of halogens is 1. The van der Waals surface area contributed by atoms with Gasteiger partial charge in [-0.1, -0.05) is 35.5 Å². The summed E-state index contributed by atoms with van der Waals surface area (Å²) in [6.45, 7) is 0.523. The molecular weight excluding hydrogens is 434 g/mol. The molecule has 0 aliphatic rings. The number of hydrogen-bond acceptors (Lipinski definition) is 6. The Morgan fingerprint density at radius 2 is 2.03 bits per heavy atom. The van der Waals surface area contributed by atoms with Crippen molar-refractivity contribution in [2.75, 3.05) is 7.11 Å². The Hall–Kier alpha value is -3.23. The third-order valence-corrected chi connectivity index (χ3v) is 5.98. The van der Waals surface area contributed by atoms with Gasteiger partial charge < -0.3 is 13.6 Å². The fraction of sp³-hybridized carbons (Fsp3) is 0.136. The highest BCUT2D eigenvalue weighted by Gasteiger charge is 2.17. The van der Waals surface area contributed by atoms with E-state index in [2.05, 4.69) is 15.2 Å². The molecule has 0 aliphatic carbocycles. The Balaban J connectivity index is 1.46. The molecule has 0 unspecified atom stereocenters. The molecule has 0 amide bonds. The van der Waals surface area contributed by atoms with Gasteiger partial charge in [0.2, 0.25) is 0 Å². The summed E-state index contributed by atoms with van der Waals surface area (Å²) in [5, 5.41) is 10.4. The first-order chi connectivity index (χ1) is 15.2. The van der Waals surface area contributed by atoms with Crippen LogP contribution in [0.2, 0.25) is 5.02 Å². The predicted molar refractivity (Wildman–Crippen MR) is 120 cm³/mol. The molecule has 0 atom stereocenters. The molecule has 0 N–H and O–H groups in total. The zero-order valence-corrected chi connectivity index (χ0v) is 18.2. The molecule has 1 aromatic carbocycles. The Kier molecular flexibility index (Phi) is 5.40. The fourth-order valence-corrected chi connectivity index (χ4v) is 4.29. The Morgan fingerprint density at radius 1 is 1.10 bits per heavy atom. The number of pyridine rings is 1. The van der Waals surface area contributed by atoms with Gasteiger partial charge in [0.05, 0.1) is 30.6 Å². The number of methoxy groups -OCH3 is 1. The van der Waals surface area contributed by atoms with E-state index >= 15 is 0 Å². The summed E-state index contributed by atoms with van der Waals surface area (Å²) in [6.07, 6.45) is 5.49. The van der Waals surface area contributed by atoms with E-state index in [0.29, 0.717) is 17.3 Å². The van der Waals surface area contributed by atoms with Crippen molar-refractivity contribution in [3.8, 4) is 17.1 Å². The third-order valence-electron chi connectivity index (χ3n) is 4.75. The summed E-state index contributed by atoms with van der Waals surface area (Å²) in [5.74, 6) is 2.99. The second kappa shape index (κ2) is 8.49. The van der Waals surface area contributed by atoms with Crippen LogP contribution in [0.4, 0.5) is 0 Å². The first-order valence-electron chi connectivity index (χ1n) is 9.55. The van der Waals surface area contributed by atoms with Crippen LogP contribution in [0.5, 0.6) is 5.75 Å². The van der Waals surface area contributed by atoms with Gasteiger partial charge in [-0.05, 0) is 36.4 Å². The first-order valence-corrected chi connectivity index (χ1v) is 10.9. The van der Waals surface area contributed by atoms with Gasteiger partial charge in [-0.25, -0.2) is 4.98 Å². The lowest BCUT2D eigenvalue weighted by molar-refractivity contribution is 0.415. The molecule has 9 heteroatoms. The van der Waals surface area contributed by atoms with Crippen LogP contribution in [0.15, 0.2) is 76.8 Å². The summed E-state index contributed by atoms with van der Waals surface area (Å²) in [4.78, 5) is 4.65. The van der Waals surface area contributed by atoms with Crippen molar-refractivity contribution in [3.05, 3.63) is 83.7 Å². The lowest BCUT2D eigenvalue weighted by Crippen LogP contribution is -2.03. The lowest BCUT2D eigenvalue weighted by Gasteiger charge is -2.09. The molecule has 4 aromatic heterocycles. The fourth-order valence-electron chi connectivity index (χ4n) is 3.30.